The van der Waals surface area contributed by atoms with E-state index in [1.165, 1.54) is 23.3 Å². The van der Waals surface area contributed by atoms with Crippen molar-refractivity contribution in [1.29, 1.82) is 0 Å². The Kier molecular flexibility index (Phi) is 14.3. The highest BCUT2D eigenvalue weighted by Gasteiger charge is 2.33. The Morgan fingerprint density at radius 2 is 1.77 bits per heavy atom. The normalized spacial score (nSPS) is 19.1. The number of fused-ring (bicyclic) bond motifs is 1. The lowest BCUT2D eigenvalue weighted by Gasteiger charge is -2.43. The van der Waals surface area contributed by atoms with Crippen LogP contribution >= 0.6 is 30.5 Å². The molecule has 3 fully saturated rings. The Morgan fingerprint density at radius 1 is 0.951 bits per heavy atom. The number of rotatable bonds is 15. The maximum Gasteiger partial charge on any atom is 0.229 e. The molecule has 1 aromatic heterocycles. The van der Waals surface area contributed by atoms with E-state index in [4.69, 9.17) is 16.3 Å². The summed E-state index contributed by atoms with van der Waals surface area (Å²) in [5.74, 6) is 4.88. The zero-order chi connectivity index (χ0) is 42.3. The highest BCUT2D eigenvalue weighted by Crippen LogP contribution is 2.41. The Morgan fingerprint density at radius 3 is 2.52 bits per heavy atom. The summed E-state index contributed by atoms with van der Waals surface area (Å²) in [5, 5.41) is 11.2. The van der Waals surface area contributed by atoms with Gasteiger partial charge in [-0.25, -0.2) is 9.78 Å². The van der Waals surface area contributed by atoms with Crippen LogP contribution in [-0.4, -0.2) is 128 Å². The first-order chi connectivity index (χ1) is 29.7. The number of thioether (sulfide) groups is 1. The molecule has 1 atom stereocenters. The van der Waals surface area contributed by atoms with E-state index in [0.717, 1.165) is 125 Å². The van der Waals surface area contributed by atoms with Crippen molar-refractivity contribution in [2.75, 3.05) is 101 Å². The SMILES string of the molecule is COc1cc(N2CCC(N3CCN(CCCCSc4cccc5c4CN(C4CCCNC4)C5=C=O)CC3)CC2)ccc1Nc1ncc(Cl)c(Nc2ccccc2P(C)(C)=O)n1. The molecule has 0 radical (unpaired) electrons. The summed E-state index contributed by atoms with van der Waals surface area (Å²) < 4.78 is 18.8. The fourth-order valence-corrected chi connectivity index (χ4v) is 11.7. The van der Waals surface area contributed by atoms with Crippen molar-refractivity contribution in [1.82, 2.24) is 30.0 Å². The molecule has 0 aliphatic carbocycles. The van der Waals surface area contributed by atoms with Crippen molar-refractivity contribution < 1.29 is 14.1 Å². The molecule has 4 aromatic rings. The standard InChI is InChI=1S/C46H59ClN9O3PS/c1-59-42-28-34(15-16-39(42)51-46-49-30-38(47)45(52-46)50-40-12-4-5-13-43(40)60(2,3)58)54-21-17-33(18-22-54)55-25-23-53(24-26-55)20-6-7-27-61-44-14-8-11-36-37(44)31-56(41(36)32-57)35-10-9-19-48-29-35/h4-5,8,11-16,28,30,33,35,48H,6-7,9-10,17-27,29,31H2,1-3H3,(H2,49,50,51,52). The van der Waals surface area contributed by atoms with Crippen LogP contribution in [0.3, 0.4) is 0 Å². The number of nitrogens with one attached hydrogen (secondary N) is 3. The quantitative estimate of drug-likeness (QED) is 0.0468. The Labute approximate surface area is 370 Å². The van der Waals surface area contributed by atoms with E-state index in [0.29, 0.717) is 40.3 Å². The highest BCUT2D eigenvalue weighted by molar-refractivity contribution is 7.99. The number of halogens is 1. The number of piperazine rings is 1. The second-order valence-corrected chi connectivity index (χ2v) is 21.6. The van der Waals surface area contributed by atoms with Gasteiger partial charge >= 0.3 is 0 Å². The smallest absolute Gasteiger partial charge is 0.229 e. The van der Waals surface area contributed by atoms with Crippen LogP contribution in [0.25, 0.3) is 5.70 Å². The lowest BCUT2D eigenvalue weighted by molar-refractivity contribution is 0.0842. The minimum absolute atomic E-state index is 0.358. The average Bonchev–Trinajstić information content (AvgIpc) is 3.67. The molecule has 0 saturated carbocycles. The number of nitrogens with zero attached hydrogens (tertiary/aromatic N) is 6. The van der Waals surface area contributed by atoms with Crippen molar-refractivity contribution >= 4 is 76.3 Å². The number of ether oxygens (including phenoxy) is 1. The van der Waals surface area contributed by atoms with E-state index in [2.05, 4.69) is 81.8 Å². The van der Waals surface area contributed by atoms with Crippen molar-refractivity contribution in [3.8, 4) is 5.75 Å². The van der Waals surface area contributed by atoms with E-state index in [1.807, 2.05) is 42.1 Å². The van der Waals surface area contributed by atoms with E-state index >= 15 is 0 Å². The van der Waals surface area contributed by atoms with Crippen LogP contribution in [0, 0.1) is 0 Å². The van der Waals surface area contributed by atoms with Gasteiger partial charge in [-0.3, -0.25) is 4.90 Å². The first-order valence-corrected chi connectivity index (χ1v) is 25.7. The van der Waals surface area contributed by atoms with Crippen LogP contribution in [0.2, 0.25) is 5.02 Å². The Bertz CT molecular complexity index is 2250. The summed E-state index contributed by atoms with van der Waals surface area (Å²) in [6.45, 7) is 14.0. The first kappa shape index (κ1) is 43.6. The number of aromatic nitrogens is 2. The molecule has 8 rings (SSSR count). The predicted molar refractivity (Wildman–Crippen MR) is 252 cm³/mol. The molecule has 0 bridgehead atoms. The monoisotopic (exact) mass is 883 g/mol. The summed E-state index contributed by atoms with van der Waals surface area (Å²) in [7, 11) is -0.855. The van der Waals surface area contributed by atoms with Gasteiger partial charge in [0.25, 0.3) is 0 Å². The largest absolute Gasteiger partial charge is 0.494 e. The van der Waals surface area contributed by atoms with Gasteiger partial charge in [-0.15, -0.1) is 11.8 Å². The van der Waals surface area contributed by atoms with Crippen LogP contribution in [0.4, 0.5) is 28.8 Å². The molecular weight excluding hydrogens is 825 g/mol. The lowest BCUT2D eigenvalue weighted by atomic mass is 10.0. The van der Waals surface area contributed by atoms with Gasteiger partial charge in [0, 0.05) is 92.0 Å². The molecule has 12 nitrogen and oxygen atoms in total. The molecule has 61 heavy (non-hydrogen) atoms. The summed E-state index contributed by atoms with van der Waals surface area (Å²) in [6, 6.07) is 21.2. The molecule has 4 aliphatic rings. The zero-order valence-electron chi connectivity index (χ0n) is 35.7. The van der Waals surface area contributed by atoms with Crippen molar-refractivity contribution in [2.45, 2.75) is 62.0 Å². The van der Waals surface area contributed by atoms with E-state index in [1.54, 1.807) is 26.6 Å². The van der Waals surface area contributed by atoms with Gasteiger partial charge < -0.3 is 40.0 Å². The topological polar surface area (TPSA) is 118 Å². The molecule has 1 unspecified atom stereocenters. The zero-order valence-corrected chi connectivity index (χ0v) is 38.1. The number of hydrogen-bond donors (Lipinski definition) is 3. The highest BCUT2D eigenvalue weighted by atomic mass is 35.5. The maximum absolute atomic E-state index is 12.9. The van der Waals surface area contributed by atoms with Crippen LogP contribution in [0.5, 0.6) is 5.75 Å². The Balaban J connectivity index is 0.768. The van der Waals surface area contributed by atoms with Gasteiger partial charge in [0.1, 0.15) is 23.6 Å². The summed E-state index contributed by atoms with van der Waals surface area (Å²) in [6.07, 6.45) is 8.52. The fraction of sp³-hybridized carbons (Fsp3) is 0.478. The molecule has 15 heteroatoms. The summed E-state index contributed by atoms with van der Waals surface area (Å²) >= 11 is 8.45. The van der Waals surface area contributed by atoms with Gasteiger partial charge in [0.2, 0.25) is 5.95 Å². The number of anilines is 5. The molecule has 4 aliphatic heterocycles. The van der Waals surface area contributed by atoms with Gasteiger partial charge in [0.05, 0.1) is 24.7 Å². The molecular formula is C46H59ClN9O3PS. The average molecular weight is 885 g/mol. The van der Waals surface area contributed by atoms with Gasteiger partial charge in [-0.1, -0.05) is 35.9 Å². The second kappa shape index (κ2) is 20.0. The predicted octanol–water partition coefficient (Wildman–Crippen LogP) is 7.77. The van der Waals surface area contributed by atoms with E-state index in [9.17, 15) is 9.36 Å². The third-order valence-corrected chi connectivity index (χ3v) is 15.6. The fourth-order valence-electron chi connectivity index (χ4n) is 9.27. The second-order valence-electron chi connectivity index (χ2n) is 16.9. The van der Waals surface area contributed by atoms with Crippen LogP contribution in [0.1, 0.15) is 49.7 Å². The van der Waals surface area contributed by atoms with Crippen LogP contribution < -0.4 is 30.9 Å². The van der Waals surface area contributed by atoms with Crippen molar-refractivity contribution in [2.24, 2.45) is 0 Å². The minimum Gasteiger partial charge on any atom is -0.494 e. The lowest BCUT2D eigenvalue weighted by Crippen LogP contribution is -2.53. The minimum atomic E-state index is -2.53. The maximum atomic E-state index is 12.9. The number of benzene rings is 3. The van der Waals surface area contributed by atoms with Crippen LogP contribution in [0.15, 0.2) is 71.8 Å². The van der Waals surface area contributed by atoms with Gasteiger partial charge in [-0.05, 0) is 107 Å². The van der Waals surface area contributed by atoms with E-state index in [-0.39, 0.29) is 0 Å². The molecule has 3 N–H and O–H groups in total. The number of unbranched alkanes of at least 4 members (excludes halogenated alkanes) is 1. The first-order valence-electron chi connectivity index (χ1n) is 21.8. The number of para-hydroxylation sites is 1. The molecule has 324 valence electrons. The molecule has 0 spiro atoms. The Hall–Kier alpha value is -4.06. The molecule has 3 aromatic carbocycles. The van der Waals surface area contributed by atoms with E-state index < -0.39 is 7.14 Å². The van der Waals surface area contributed by atoms with Gasteiger partial charge in [0.15, 0.2) is 11.8 Å². The van der Waals surface area contributed by atoms with Crippen molar-refractivity contribution in [3.05, 3.63) is 83.0 Å². The summed E-state index contributed by atoms with van der Waals surface area (Å²) in [5.41, 5.74) is 5.74. The number of methoxy groups -OCH3 is 1. The molecule has 3 saturated heterocycles. The van der Waals surface area contributed by atoms with Crippen molar-refractivity contribution in [3.63, 3.8) is 0 Å². The number of piperidine rings is 2. The third-order valence-electron chi connectivity index (χ3n) is 12.6. The summed E-state index contributed by atoms with van der Waals surface area (Å²) in [4.78, 5) is 32.6. The molecule has 5 heterocycles. The number of carbonyl (C=O) groups excluding carboxylic acids is 1. The number of hydrogen-bond acceptors (Lipinski definition) is 13. The third kappa shape index (κ3) is 10.4. The molecule has 0 amide bonds. The van der Waals surface area contributed by atoms with Crippen LogP contribution in [-0.2, 0) is 15.9 Å². The van der Waals surface area contributed by atoms with Gasteiger partial charge in [-0.2, -0.15) is 4.98 Å².